The van der Waals surface area contributed by atoms with Gasteiger partial charge in [0.25, 0.3) is 0 Å². The number of nitrogens with zero attached hydrogens (tertiary/aromatic N) is 1. The van der Waals surface area contributed by atoms with E-state index >= 15 is 0 Å². The minimum Gasteiger partial charge on any atom is -0.489 e. The van der Waals surface area contributed by atoms with Crippen LogP contribution in [-0.4, -0.2) is 44.4 Å². The maximum absolute atomic E-state index is 5.75. The van der Waals surface area contributed by atoms with Gasteiger partial charge in [-0.1, -0.05) is 29.8 Å². The number of morpholine rings is 1. The van der Waals surface area contributed by atoms with Crippen LogP contribution >= 0.6 is 0 Å². The van der Waals surface area contributed by atoms with Gasteiger partial charge in [-0.25, -0.2) is 0 Å². The Balaban J connectivity index is 1.70. The van der Waals surface area contributed by atoms with Gasteiger partial charge in [0.15, 0.2) is 0 Å². The van der Waals surface area contributed by atoms with Crippen molar-refractivity contribution in [3.8, 4) is 5.75 Å². The molecule has 1 heterocycles. The Morgan fingerprint density at radius 2 is 2.00 bits per heavy atom. The van der Waals surface area contributed by atoms with Gasteiger partial charge in [-0.3, -0.25) is 4.90 Å². The summed E-state index contributed by atoms with van der Waals surface area (Å²) in [7, 11) is 0. The van der Waals surface area contributed by atoms with Crippen LogP contribution < -0.4 is 4.74 Å². The topological polar surface area (TPSA) is 21.7 Å². The van der Waals surface area contributed by atoms with Gasteiger partial charge in [0.2, 0.25) is 0 Å². The van der Waals surface area contributed by atoms with Crippen LogP contribution in [-0.2, 0) is 4.74 Å². The third kappa shape index (κ3) is 4.69. The molecule has 0 radical (unpaired) electrons. The fraction of sp³-hybridized carbons (Fsp3) is 0.500. The van der Waals surface area contributed by atoms with Gasteiger partial charge in [0.1, 0.15) is 12.4 Å². The first kappa shape index (κ1) is 14.1. The van der Waals surface area contributed by atoms with Gasteiger partial charge < -0.3 is 9.47 Å². The van der Waals surface area contributed by atoms with E-state index in [9.17, 15) is 0 Å². The molecule has 1 saturated heterocycles. The lowest BCUT2D eigenvalue weighted by molar-refractivity contribution is 0.0434. The van der Waals surface area contributed by atoms with Crippen LogP contribution in [0.15, 0.2) is 30.4 Å². The molecule has 0 aliphatic carbocycles. The first-order valence-electron chi connectivity index (χ1n) is 6.91. The number of hydrogen-bond donors (Lipinski definition) is 0. The third-order valence-electron chi connectivity index (χ3n) is 3.30. The number of rotatable bonds is 5. The highest BCUT2D eigenvalue weighted by Gasteiger charge is 2.07. The monoisotopic (exact) mass is 261 g/mol. The van der Waals surface area contributed by atoms with Crippen molar-refractivity contribution in [1.82, 2.24) is 4.90 Å². The van der Waals surface area contributed by atoms with Crippen molar-refractivity contribution in [2.45, 2.75) is 13.8 Å². The van der Waals surface area contributed by atoms with Gasteiger partial charge in [-0.2, -0.15) is 0 Å². The van der Waals surface area contributed by atoms with Crippen LogP contribution in [0.3, 0.4) is 0 Å². The molecule has 0 bridgehead atoms. The molecule has 1 aromatic rings. The molecule has 0 aromatic heterocycles. The highest BCUT2D eigenvalue weighted by atomic mass is 16.5. The van der Waals surface area contributed by atoms with Crippen LogP contribution in [0.2, 0.25) is 0 Å². The molecule has 0 spiro atoms. The van der Waals surface area contributed by atoms with E-state index in [2.05, 4.69) is 43.0 Å². The SMILES string of the molecule is Cc1ccc(OC/C=C/CN2CCOCC2)c(C)c1. The number of aryl methyl sites for hydroxylation is 2. The van der Waals surface area contributed by atoms with E-state index in [1.807, 2.05) is 6.07 Å². The minimum absolute atomic E-state index is 0.633. The maximum atomic E-state index is 5.75. The molecule has 2 rings (SSSR count). The Kier molecular flexibility index (Phi) is 5.43. The lowest BCUT2D eigenvalue weighted by Gasteiger charge is -2.25. The van der Waals surface area contributed by atoms with Crippen molar-refractivity contribution in [2.24, 2.45) is 0 Å². The van der Waals surface area contributed by atoms with Crippen LogP contribution in [0.25, 0.3) is 0 Å². The Labute approximate surface area is 115 Å². The van der Waals surface area contributed by atoms with Crippen molar-refractivity contribution in [3.05, 3.63) is 41.5 Å². The molecule has 19 heavy (non-hydrogen) atoms. The molecule has 3 nitrogen and oxygen atoms in total. The fourth-order valence-corrected chi connectivity index (χ4v) is 2.17. The zero-order valence-corrected chi connectivity index (χ0v) is 11.9. The molecule has 1 fully saturated rings. The van der Waals surface area contributed by atoms with Crippen molar-refractivity contribution >= 4 is 0 Å². The maximum Gasteiger partial charge on any atom is 0.122 e. The van der Waals surface area contributed by atoms with Gasteiger partial charge >= 0.3 is 0 Å². The third-order valence-corrected chi connectivity index (χ3v) is 3.30. The molecule has 0 unspecified atom stereocenters. The summed E-state index contributed by atoms with van der Waals surface area (Å²) in [4.78, 5) is 2.39. The molecule has 3 heteroatoms. The zero-order chi connectivity index (χ0) is 13.5. The predicted octanol–water partition coefficient (Wildman–Crippen LogP) is 2.57. The first-order chi connectivity index (χ1) is 9.25. The molecule has 1 aromatic carbocycles. The predicted molar refractivity (Wildman–Crippen MR) is 77.8 cm³/mol. The second kappa shape index (κ2) is 7.31. The van der Waals surface area contributed by atoms with E-state index in [0.29, 0.717) is 6.61 Å². The van der Waals surface area contributed by atoms with E-state index in [-0.39, 0.29) is 0 Å². The van der Waals surface area contributed by atoms with E-state index in [1.165, 1.54) is 11.1 Å². The summed E-state index contributed by atoms with van der Waals surface area (Å²) in [6.07, 6.45) is 4.27. The first-order valence-corrected chi connectivity index (χ1v) is 6.91. The molecule has 0 amide bonds. The molecule has 0 saturated carbocycles. The summed E-state index contributed by atoms with van der Waals surface area (Å²) in [5, 5.41) is 0. The van der Waals surface area contributed by atoms with Crippen molar-refractivity contribution in [2.75, 3.05) is 39.5 Å². The van der Waals surface area contributed by atoms with Crippen LogP contribution in [0.4, 0.5) is 0 Å². The Morgan fingerprint density at radius 1 is 1.21 bits per heavy atom. The highest BCUT2D eigenvalue weighted by molar-refractivity contribution is 5.35. The molecule has 1 aliphatic rings. The zero-order valence-electron chi connectivity index (χ0n) is 11.9. The Morgan fingerprint density at radius 3 is 2.74 bits per heavy atom. The van der Waals surface area contributed by atoms with E-state index in [4.69, 9.17) is 9.47 Å². The minimum atomic E-state index is 0.633. The van der Waals surface area contributed by atoms with Gasteiger partial charge in [0, 0.05) is 19.6 Å². The standard InChI is InChI=1S/C16H23NO2/c1-14-5-6-16(15(2)13-14)19-10-4-3-7-17-8-11-18-12-9-17/h3-6,13H,7-12H2,1-2H3/b4-3+. The fourth-order valence-electron chi connectivity index (χ4n) is 2.17. The van der Waals surface area contributed by atoms with E-state index in [1.54, 1.807) is 0 Å². The molecular formula is C16H23NO2. The van der Waals surface area contributed by atoms with E-state index in [0.717, 1.165) is 38.6 Å². The summed E-state index contributed by atoms with van der Waals surface area (Å²) >= 11 is 0. The van der Waals surface area contributed by atoms with Crippen LogP contribution in [0.5, 0.6) is 5.75 Å². The number of hydrogen-bond acceptors (Lipinski definition) is 3. The van der Waals surface area contributed by atoms with E-state index < -0.39 is 0 Å². The normalized spacial score (nSPS) is 16.9. The van der Waals surface area contributed by atoms with Crippen molar-refractivity contribution < 1.29 is 9.47 Å². The number of ether oxygens (including phenoxy) is 2. The number of benzene rings is 1. The van der Waals surface area contributed by atoms with Gasteiger partial charge in [0.05, 0.1) is 13.2 Å². The van der Waals surface area contributed by atoms with Gasteiger partial charge in [-0.05, 0) is 25.5 Å². The highest BCUT2D eigenvalue weighted by Crippen LogP contribution is 2.18. The molecule has 0 N–H and O–H groups in total. The van der Waals surface area contributed by atoms with Gasteiger partial charge in [-0.15, -0.1) is 0 Å². The Hall–Kier alpha value is -1.32. The average molecular weight is 261 g/mol. The van der Waals surface area contributed by atoms with Crippen molar-refractivity contribution in [3.63, 3.8) is 0 Å². The summed E-state index contributed by atoms with van der Waals surface area (Å²) in [5.74, 6) is 0.974. The van der Waals surface area contributed by atoms with Crippen molar-refractivity contribution in [1.29, 1.82) is 0 Å². The lowest BCUT2D eigenvalue weighted by atomic mass is 10.1. The lowest BCUT2D eigenvalue weighted by Crippen LogP contribution is -2.36. The summed E-state index contributed by atoms with van der Waals surface area (Å²) in [5.41, 5.74) is 2.47. The molecule has 1 aliphatic heterocycles. The average Bonchev–Trinajstić information content (AvgIpc) is 2.42. The smallest absolute Gasteiger partial charge is 0.122 e. The largest absolute Gasteiger partial charge is 0.489 e. The second-order valence-electron chi connectivity index (χ2n) is 4.96. The molecule has 104 valence electrons. The van der Waals surface area contributed by atoms with Crippen LogP contribution in [0, 0.1) is 13.8 Å². The summed E-state index contributed by atoms with van der Waals surface area (Å²) in [6, 6.07) is 6.27. The van der Waals surface area contributed by atoms with Crippen LogP contribution in [0.1, 0.15) is 11.1 Å². The second-order valence-corrected chi connectivity index (χ2v) is 4.96. The molecular weight excluding hydrogens is 238 g/mol. The molecule has 0 atom stereocenters. The summed E-state index contributed by atoms with van der Waals surface area (Å²) < 4.78 is 11.1. The quantitative estimate of drug-likeness (QED) is 0.760. The Bertz CT molecular complexity index is 423. The summed E-state index contributed by atoms with van der Waals surface area (Å²) in [6.45, 7) is 9.57.